The van der Waals surface area contributed by atoms with Gasteiger partial charge in [0, 0.05) is 13.2 Å². The number of fused-ring (bicyclic) bond motifs is 1. The topological polar surface area (TPSA) is 71.3 Å². The highest BCUT2D eigenvalue weighted by molar-refractivity contribution is 6.02. The minimum Gasteiger partial charge on any atom is -0.497 e. The summed E-state index contributed by atoms with van der Waals surface area (Å²) in [5, 5.41) is 14.1. The lowest BCUT2D eigenvalue weighted by molar-refractivity contribution is -0.117. The second-order valence-corrected chi connectivity index (χ2v) is 5.99. The summed E-state index contributed by atoms with van der Waals surface area (Å²) in [5.41, 5.74) is 0.896. The number of methoxy groups -OCH3 is 1. The number of nitriles is 1. The third-order valence-corrected chi connectivity index (χ3v) is 4.26. The van der Waals surface area contributed by atoms with E-state index in [0.29, 0.717) is 6.54 Å². The lowest BCUT2D eigenvalue weighted by Gasteiger charge is -2.10. The van der Waals surface area contributed by atoms with Gasteiger partial charge in [0.25, 0.3) is 5.91 Å². The monoisotopic (exact) mass is 336 g/mol. The Morgan fingerprint density at radius 1 is 1.36 bits per heavy atom. The summed E-state index contributed by atoms with van der Waals surface area (Å²) in [7, 11) is 1.63. The van der Waals surface area contributed by atoms with E-state index in [1.165, 1.54) is 0 Å². The molecule has 0 saturated carbocycles. The molecule has 1 saturated heterocycles. The molecule has 0 spiro atoms. The Labute approximate surface area is 146 Å². The molecular formula is C20H20N2O3. The first-order chi connectivity index (χ1) is 12.2. The van der Waals surface area contributed by atoms with E-state index in [1.54, 1.807) is 13.2 Å². The maximum absolute atomic E-state index is 12.2. The smallest absolute Gasteiger partial charge is 0.262 e. The molecule has 2 aromatic rings. The molecule has 128 valence electrons. The molecule has 1 heterocycles. The summed E-state index contributed by atoms with van der Waals surface area (Å²) >= 11 is 0. The van der Waals surface area contributed by atoms with Crippen LogP contribution >= 0.6 is 0 Å². The van der Waals surface area contributed by atoms with Crippen LogP contribution in [0.3, 0.4) is 0 Å². The SMILES string of the molecule is COc1ccc2cc(/C=C(\C#N)C(=O)NC[C@H]3CCCO3)ccc2c1. The van der Waals surface area contributed by atoms with Crippen LogP contribution < -0.4 is 10.1 Å². The number of nitrogens with zero attached hydrogens (tertiary/aromatic N) is 1. The van der Waals surface area contributed by atoms with Gasteiger partial charge in [-0.05, 0) is 53.5 Å². The van der Waals surface area contributed by atoms with Gasteiger partial charge in [-0.2, -0.15) is 5.26 Å². The van der Waals surface area contributed by atoms with Crippen LogP contribution in [-0.2, 0) is 9.53 Å². The van der Waals surface area contributed by atoms with E-state index in [9.17, 15) is 10.1 Å². The Morgan fingerprint density at radius 3 is 2.88 bits per heavy atom. The van der Waals surface area contributed by atoms with Crippen molar-refractivity contribution in [1.29, 1.82) is 5.26 Å². The molecule has 0 aromatic heterocycles. The highest BCUT2D eigenvalue weighted by atomic mass is 16.5. The fourth-order valence-corrected chi connectivity index (χ4v) is 2.88. The van der Waals surface area contributed by atoms with Crippen LogP contribution in [-0.4, -0.2) is 32.3 Å². The number of nitrogens with one attached hydrogen (secondary N) is 1. The van der Waals surface area contributed by atoms with Crippen molar-refractivity contribution >= 4 is 22.8 Å². The van der Waals surface area contributed by atoms with Crippen LogP contribution in [0, 0.1) is 11.3 Å². The molecule has 1 atom stereocenters. The zero-order chi connectivity index (χ0) is 17.6. The van der Waals surface area contributed by atoms with Gasteiger partial charge in [0.15, 0.2) is 0 Å². The minimum atomic E-state index is -0.368. The van der Waals surface area contributed by atoms with Gasteiger partial charge in [-0.3, -0.25) is 4.79 Å². The maximum Gasteiger partial charge on any atom is 0.262 e. The van der Waals surface area contributed by atoms with Crippen molar-refractivity contribution in [3.63, 3.8) is 0 Å². The molecular weight excluding hydrogens is 316 g/mol. The number of carbonyl (C=O) groups is 1. The number of benzene rings is 2. The minimum absolute atomic E-state index is 0.0551. The fourth-order valence-electron chi connectivity index (χ4n) is 2.88. The predicted octanol–water partition coefficient (Wildman–Crippen LogP) is 3.05. The van der Waals surface area contributed by atoms with Crippen LogP contribution in [0.5, 0.6) is 5.75 Å². The van der Waals surface area contributed by atoms with E-state index in [-0.39, 0.29) is 17.6 Å². The van der Waals surface area contributed by atoms with Crippen LogP contribution in [0.15, 0.2) is 42.0 Å². The summed E-state index contributed by atoms with van der Waals surface area (Å²) in [6.45, 7) is 1.18. The van der Waals surface area contributed by atoms with Crippen molar-refractivity contribution in [2.24, 2.45) is 0 Å². The van der Waals surface area contributed by atoms with Gasteiger partial charge in [0.2, 0.25) is 0 Å². The molecule has 1 aliphatic heterocycles. The molecule has 0 bridgehead atoms. The van der Waals surface area contributed by atoms with Crippen LogP contribution in [0.25, 0.3) is 16.8 Å². The summed E-state index contributed by atoms with van der Waals surface area (Å²) in [5.74, 6) is 0.426. The van der Waals surface area contributed by atoms with Crippen molar-refractivity contribution in [1.82, 2.24) is 5.32 Å². The fraction of sp³-hybridized carbons (Fsp3) is 0.300. The molecule has 1 N–H and O–H groups in total. The first kappa shape index (κ1) is 17.0. The Hall–Kier alpha value is -2.84. The van der Waals surface area contributed by atoms with E-state index in [0.717, 1.165) is 41.5 Å². The van der Waals surface area contributed by atoms with E-state index in [2.05, 4.69) is 5.32 Å². The Kier molecular flexibility index (Phi) is 5.32. The zero-order valence-electron chi connectivity index (χ0n) is 14.1. The number of amides is 1. The lowest BCUT2D eigenvalue weighted by atomic mass is 10.0. The Bertz CT molecular complexity index is 846. The van der Waals surface area contributed by atoms with Gasteiger partial charge in [-0.1, -0.05) is 18.2 Å². The summed E-state index contributed by atoms with van der Waals surface area (Å²) in [4.78, 5) is 12.2. The molecule has 0 aliphatic carbocycles. The first-order valence-corrected chi connectivity index (χ1v) is 8.29. The molecule has 0 radical (unpaired) electrons. The van der Waals surface area contributed by atoms with E-state index < -0.39 is 0 Å². The summed E-state index contributed by atoms with van der Waals surface area (Å²) in [6.07, 6.45) is 3.62. The Morgan fingerprint density at radius 2 is 2.16 bits per heavy atom. The van der Waals surface area contributed by atoms with Crippen molar-refractivity contribution < 1.29 is 14.3 Å². The molecule has 25 heavy (non-hydrogen) atoms. The molecule has 0 unspecified atom stereocenters. The molecule has 1 fully saturated rings. The van der Waals surface area contributed by atoms with E-state index in [4.69, 9.17) is 9.47 Å². The van der Waals surface area contributed by atoms with E-state index in [1.807, 2.05) is 42.5 Å². The largest absolute Gasteiger partial charge is 0.497 e. The second kappa shape index (κ2) is 7.82. The van der Waals surface area contributed by atoms with Gasteiger partial charge in [-0.25, -0.2) is 0 Å². The van der Waals surface area contributed by atoms with Crippen molar-refractivity contribution in [3.05, 3.63) is 47.5 Å². The third-order valence-electron chi connectivity index (χ3n) is 4.26. The lowest BCUT2D eigenvalue weighted by Crippen LogP contribution is -2.32. The van der Waals surface area contributed by atoms with Crippen molar-refractivity contribution in [2.75, 3.05) is 20.3 Å². The third kappa shape index (κ3) is 4.17. The molecule has 5 nitrogen and oxygen atoms in total. The van der Waals surface area contributed by atoms with Gasteiger partial charge < -0.3 is 14.8 Å². The number of hydrogen-bond acceptors (Lipinski definition) is 4. The van der Waals surface area contributed by atoms with Gasteiger partial charge >= 0.3 is 0 Å². The quantitative estimate of drug-likeness (QED) is 0.673. The average Bonchev–Trinajstić information content (AvgIpc) is 3.17. The van der Waals surface area contributed by atoms with Crippen molar-refractivity contribution in [3.8, 4) is 11.8 Å². The highest BCUT2D eigenvalue weighted by Crippen LogP contribution is 2.22. The zero-order valence-corrected chi connectivity index (χ0v) is 14.1. The van der Waals surface area contributed by atoms with Crippen LogP contribution in [0.4, 0.5) is 0 Å². The number of ether oxygens (including phenoxy) is 2. The van der Waals surface area contributed by atoms with Crippen molar-refractivity contribution in [2.45, 2.75) is 18.9 Å². The normalized spacial score (nSPS) is 17.3. The standard InChI is InChI=1S/C20H20N2O3/c1-24-18-7-6-15-9-14(4-5-16(15)11-18)10-17(12-21)20(23)22-13-19-3-2-8-25-19/h4-7,9-11,19H,2-3,8,13H2,1H3,(H,22,23)/b17-10+/t19-/m1/s1. The highest BCUT2D eigenvalue weighted by Gasteiger charge is 2.17. The molecule has 2 aromatic carbocycles. The number of hydrogen-bond donors (Lipinski definition) is 1. The predicted molar refractivity (Wildman–Crippen MR) is 96.1 cm³/mol. The number of rotatable bonds is 5. The number of carbonyl (C=O) groups excluding carboxylic acids is 1. The molecule has 1 amide bonds. The average molecular weight is 336 g/mol. The maximum atomic E-state index is 12.2. The van der Waals surface area contributed by atoms with Gasteiger partial charge in [0.05, 0.1) is 13.2 Å². The van der Waals surface area contributed by atoms with Gasteiger partial charge in [0.1, 0.15) is 17.4 Å². The second-order valence-electron chi connectivity index (χ2n) is 5.99. The van der Waals surface area contributed by atoms with Crippen LogP contribution in [0.2, 0.25) is 0 Å². The Balaban J connectivity index is 1.75. The van der Waals surface area contributed by atoms with Crippen LogP contribution in [0.1, 0.15) is 18.4 Å². The molecule has 3 rings (SSSR count). The molecule has 5 heteroatoms. The van der Waals surface area contributed by atoms with Gasteiger partial charge in [-0.15, -0.1) is 0 Å². The molecule has 1 aliphatic rings. The summed E-state index contributed by atoms with van der Waals surface area (Å²) in [6, 6.07) is 13.5. The van der Waals surface area contributed by atoms with E-state index >= 15 is 0 Å². The summed E-state index contributed by atoms with van der Waals surface area (Å²) < 4.78 is 10.7. The first-order valence-electron chi connectivity index (χ1n) is 8.29.